The first-order valence-electron chi connectivity index (χ1n) is 11.1. The van der Waals surface area contributed by atoms with Crippen LogP contribution < -0.4 is 44.9 Å². The molecule has 2 aromatic heterocycles. The van der Waals surface area contributed by atoms with E-state index in [9.17, 15) is 20.1 Å². The summed E-state index contributed by atoms with van der Waals surface area (Å²) < 4.78 is 4.32. The van der Waals surface area contributed by atoms with Crippen molar-refractivity contribution in [2.24, 2.45) is 0 Å². The Kier molecular flexibility index (Phi) is 9.08. The molecular formula is C26H24B2Cl2N2O4. The van der Waals surface area contributed by atoms with E-state index >= 15 is 0 Å². The summed E-state index contributed by atoms with van der Waals surface area (Å²) in [4.78, 5) is 0. The summed E-state index contributed by atoms with van der Waals surface area (Å²) in [5.74, 6) is 0. The van der Waals surface area contributed by atoms with Crippen LogP contribution in [0, 0.1) is 0 Å². The Morgan fingerprint density at radius 2 is 1.14 bits per heavy atom. The van der Waals surface area contributed by atoms with Gasteiger partial charge in [0.2, 0.25) is 11.0 Å². The quantitative estimate of drug-likeness (QED) is 0.102. The van der Waals surface area contributed by atoms with E-state index in [2.05, 4.69) is 33.4 Å². The first-order chi connectivity index (χ1) is 16.5. The van der Waals surface area contributed by atoms with E-state index in [0.717, 1.165) is 32.9 Å². The van der Waals surface area contributed by atoms with Gasteiger partial charge in [-0.2, -0.15) is 9.13 Å². The predicted octanol–water partition coefficient (Wildman–Crippen LogP) is -5.97. The van der Waals surface area contributed by atoms with Crippen molar-refractivity contribution in [1.82, 2.24) is 0 Å². The van der Waals surface area contributed by atoms with Crippen LogP contribution in [0.1, 0.15) is 11.1 Å². The van der Waals surface area contributed by atoms with Crippen LogP contribution in [0.3, 0.4) is 0 Å². The van der Waals surface area contributed by atoms with Crippen LogP contribution in [0.4, 0.5) is 0 Å². The van der Waals surface area contributed by atoms with E-state index in [1.165, 1.54) is 0 Å². The summed E-state index contributed by atoms with van der Waals surface area (Å²) >= 11 is 0. The molecule has 6 nitrogen and oxygen atoms in total. The molecule has 0 bridgehead atoms. The zero-order valence-corrected chi connectivity index (χ0v) is 20.8. The van der Waals surface area contributed by atoms with Crippen LogP contribution in [-0.2, 0) is 13.1 Å². The molecule has 4 N–H and O–H groups in total. The van der Waals surface area contributed by atoms with Crippen molar-refractivity contribution in [3.63, 3.8) is 0 Å². The predicted molar refractivity (Wildman–Crippen MR) is 133 cm³/mol. The second kappa shape index (κ2) is 11.8. The normalized spacial score (nSPS) is 10.6. The molecule has 36 heavy (non-hydrogen) atoms. The van der Waals surface area contributed by atoms with Gasteiger partial charge in [-0.15, -0.1) is 0 Å². The van der Waals surface area contributed by atoms with Crippen molar-refractivity contribution < 1.29 is 54.0 Å². The summed E-state index contributed by atoms with van der Waals surface area (Å²) in [6.45, 7) is 1.18. The topological polar surface area (TPSA) is 88.7 Å². The molecule has 0 aliphatic rings. The minimum absolute atomic E-state index is 0. The minimum atomic E-state index is -1.50. The molecule has 5 aromatic rings. The summed E-state index contributed by atoms with van der Waals surface area (Å²) in [6.07, 6.45) is 4.06. The van der Waals surface area contributed by atoms with E-state index in [-0.39, 0.29) is 24.8 Å². The molecule has 0 radical (unpaired) electrons. The summed E-state index contributed by atoms with van der Waals surface area (Å²) in [5.41, 5.74) is 5.04. The van der Waals surface area contributed by atoms with Crippen LogP contribution in [0.5, 0.6) is 0 Å². The zero-order valence-electron chi connectivity index (χ0n) is 19.2. The van der Waals surface area contributed by atoms with Gasteiger partial charge in [0.15, 0.2) is 25.5 Å². The van der Waals surface area contributed by atoms with E-state index < -0.39 is 14.2 Å². The van der Waals surface area contributed by atoms with Crippen molar-refractivity contribution in [2.45, 2.75) is 13.1 Å². The Bertz CT molecular complexity index is 1500. The highest BCUT2D eigenvalue weighted by molar-refractivity contribution is 6.58. The fraction of sp³-hybridized carbons (Fsp3) is 0.0769. The first kappa shape index (κ1) is 27.6. The molecule has 5 rings (SSSR count). The smallest absolute Gasteiger partial charge is 0.488 e. The first-order valence-corrected chi connectivity index (χ1v) is 11.1. The summed E-state index contributed by atoms with van der Waals surface area (Å²) in [7, 11) is -2.99. The Balaban J connectivity index is 0.00000180. The lowest BCUT2D eigenvalue weighted by Crippen LogP contribution is -3.00. The van der Waals surface area contributed by atoms with Gasteiger partial charge in [0.25, 0.3) is 0 Å². The average molecular weight is 521 g/mol. The zero-order chi connectivity index (χ0) is 23.7. The lowest BCUT2D eigenvalue weighted by molar-refractivity contribution is -0.665. The van der Waals surface area contributed by atoms with E-state index in [1.54, 1.807) is 18.2 Å². The molecule has 3 aromatic carbocycles. The molecule has 0 aliphatic heterocycles. The molecule has 0 amide bonds. The van der Waals surface area contributed by atoms with Crippen LogP contribution in [0.15, 0.2) is 97.3 Å². The summed E-state index contributed by atoms with van der Waals surface area (Å²) in [6, 6.07) is 27.1. The number of halogens is 2. The Morgan fingerprint density at radius 1 is 0.583 bits per heavy atom. The Labute approximate surface area is 222 Å². The van der Waals surface area contributed by atoms with Crippen molar-refractivity contribution in [2.75, 3.05) is 0 Å². The maximum atomic E-state index is 9.54. The molecule has 0 fully saturated rings. The van der Waals surface area contributed by atoms with Gasteiger partial charge in [0, 0.05) is 34.7 Å². The number of rotatable bonds is 6. The molecule has 0 saturated carbocycles. The highest BCUT2D eigenvalue weighted by Crippen LogP contribution is 2.21. The number of hydrogen-bond acceptors (Lipinski definition) is 4. The van der Waals surface area contributed by atoms with Gasteiger partial charge in [0.05, 0.1) is 0 Å². The summed E-state index contributed by atoms with van der Waals surface area (Å²) in [5, 5.41) is 40.3. The van der Waals surface area contributed by atoms with Crippen LogP contribution >= 0.6 is 0 Å². The molecule has 0 saturated heterocycles. The van der Waals surface area contributed by atoms with E-state index in [0.29, 0.717) is 24.0 Å². The third-order valence-electron chi connectivity index (χ3n) is 6.10. The highest BCUT2D eigenvalue weighted by Gasteiger charge is 2.20. The number of pyridine rings is 2. The monoisotopic (exact) mass is 520 g/mol. The van der Waals surface area contributed by atoms with Crippen molar-refractivity contribution in [3.8, 4) is 0 Å². The SMILES string of the molecule is OB(O)c1cccc(C[n+]2cccc3c2ccc2ccc[n+](Cc4cccc(B(O)O)c4)c23)c1.[Cl-].[Cl-]. The minimum Gasteiger partial charge on any atom is -1.00 e. The third kappa shape index (κ3) is 5.71. The Morgan fingerprint density at radius 3 is 1.75 bits per heavy atom. The maximum Gasteiger partial charge on any atom is 0.488 e. The van der Waals surface area contributed by atoms with Crippen LogP contribution in [-0.4, -0.2) is 34.3 Å². The molecular weight excluding hydrogens is 497 g/mol. The lowest BCUT2D eigenvalue weighted by atomic mass is 9.79. The average Bonchev–Trinajstić information content (AvgIpc) is 2.84. The second-order valence-electron chi connectivity index (χ2n) is 8.45. The molecule has 0 unspecified atom stereocenters. The third-order valence-corrected chi connectivity index (χ3v) is 6.10. The fourth-order valence-electron chi connectivity index (χ4n) is 4.50. The van der Waals surface area contributed by atoms with Gasteiger partial charge in [-0.25, -0.2) is 0 Å². The largest absolute Gasteiger partial charge is 1.00 e. The van der Waals surface area contributed by atoms with Crippen LogP contribution in [0.25, 0.3) is 21.8 Å². The van der Waals surface area contributed by atoms with Gasteiger partial charge in [-0.1, -0.05) is 48.5 Å². The van der Waals surface area contributed by atoms with Crippen molar-refractivity contribution in [1.29, 1.82) is 0 Å². The number of nitrogens with zero attached hydrogens (tertiary/aromatic N) is 2. The van der Waals surface area contributed by atoms with Crippen molar-refractivity contribution in [3.05, 3.63) is 108 Å². The Hall–Kier alpha value is -2.97. The fourth-order valence-corrected chi connectivity index (χ4v) is 4.50. The van der Waals surface area contributed by atoms with Gasteiger partial charge < -0.3 is 44.9 Å². The molecule has 0 atom stereocenters. The second-order valence-corrected chi connectivity index (χ2v) is 8.45. The standard InChI is InChI=1S/C26H24B2N2O4.2ClH/c31-27(32)22-8-1-5-19(15-22)17-29-13-4-10-24-25(29)12-11-21-7-3-14-30(26(21)24)18-20-6-2-9-23(16-20)28(33)34;;/h1-16,31-34H,17-18H2;2*1H/q+2;;/p-2. The lowest BCUT2D eigenvalue weighted by Gasteiger charge is -2.07. The number of benzene rings is 3. The van der Waals surface area contributed by atoms with Gasteiger partial charge in [-0.3, -0.25) is 0 Å². The van der Waals surface area contributed by atoms with Gasteiger partial charge in [0.1, 0.15) is 5.39 Å². The van der Waals surface area contributed by atoms with E-state index in [1.807, 2.05) is 54.9 Å². The molecule has 0 aliphatic carbocycles. The molecule has 182 valence electrons. The number of hydrogen-bond donors (Lipinski definition) is 4. The van der Waals surface area contributed by atoms with Crippen LogP contribution in [0.2, 0.25) is 0 Å². The maximum absolute atomic E-state index is 9.54. The van der Waals surface area contributed by atoms with Crippen molar-refractivity contribution >= 4 is 47.0 Å². The van der Waals surface area contributed by atoms with Gasteiger partial charge in [-0.05, 0) is 29.1 Å². The molecule has 10 heteroatoms. The van der Waals surface area contributed by atoms with Gasteiger partial charge >= 0.3 is 14.2 Å². The number of fused-ring (bicyclic) bond motifs is 3. The molecule has 0 spiro atoms. The highest BCUT2D eigenvalue weighted by atomic mass is 35.5. The number of aromatic nitrogens is 2. The molecule has 2 heterocycles. The van der Waals surface area contributed by atoms with E-state index in [4.69, 9.17) is 0 Å².